The summed E-state index contributed by atoms with van der Waals surface area (Å²) in [5.74, 6) is 0.760. The summed E-state index contributed by atoms with van der Waals surface area (Å²) in [6.45, 7) is 5.84. The summed E-state index contributed by atoms with van der Waals surface area (Å²) in [6, 6.07) is 7.62. The third-order valence-corrected chi connectivity index (χ3v) is 7.39. The molecule has 0 saturated carbocycles. The third-order valence-electron chi connectivity index (χ3n) is 3.56. The lowest BCUT2D eigenvalue weighted by Gasteiger charge is -2.10. The summed E-state index contributed by atoms with van der Waals surface area (Å²) in [5, 5.41) is 5.44. The molecule has 3 rings (SSSR count). The van der Waals surface area contributed by atoms with Gasteiger partial charge < -0.3 is 9.26 Å². The van der Waals surface area contributed by atoms with Crippen molar-refractivity contribution in [3.8, 4) is 5.75 Å². The Hall–Kier alpha value is -1.84. The maximum Gasteiger partial charge on any atom is 0.274 e. The lowest BCUT2D eigenvalue weighted by atomic mass is 10.1. The Balaban J connectivity index is 1.80. The number of rotatable bonds is 6. The van der Waals surface area contributed by atoms with Crippen LogP contribution in [0.3, 0.4) is 0 Å². The van der Waals surface area contributed by atoms with Crippen LogP contribution in [0.25, 0.3) is 0 Å². The molecule has 26 heavy (non-hydrogen) atoms. The smallest absolute Gasteiger partial charge is 0.274 e. The van der Waals surface area contributed by atoms with Crippen molar-refractivity contribution in [3.05, 3.63) is 56.5 Å². The predicted octanol–water partition coefficient (Wildman–Crippen LogP) is 4.80. The van der Waals surface area contributed by atoms with Gasteiger partial charge in [-0.25, -0.2) is 13.1 Å². The highest BCUT2D eigenvalue weighted by Crippen LogP contribution is 2.31. The summed E-state index contributed by atoms with van der Waals surface area (Å²) >= 11 is 4.38. The zero-order valence-electron chi connectivity index (χ0n) is 14.4. The first-order valence-electron chi connectivity index (χ1n) is 7.68. The molecule has 0 fully saturated rings. The highest BCUT2D eigenvalue weighted by Gasteiger charge is 2.24. The monoisotopic (exact) mass is 456 g/mol. The average Bonchev–Trinajstić information content (AvgIpc) is 3.15. The van der Waals surface area contributed by atoms with Crippen molar-refractivity contribution < 1.29 is 17.7 Å². The summed E-state index contributed by atoms with van der Waals surface area (Å²) in [7, 11) is -3.81. The Kier molecular flexibility index (Phi) is 5.40. The zero-order valence-corrected chi connectivity index (χ0v) is 17.6. The van der Waals surface area contributed by atoms with E-state index in [9.17, 15) is 8.42 Å². The SMILES string of the molecule is Cc1cc(C)cc(OCc2ccsc2S(=O)(=O)Nc2onc(C)c2Br)c1. The maximum absolute atomic E-state index is 12.7. The Bertz CT molecular complexity index is 1020. The lowest BCUT2D eigenvalue weighted by molar-refractivity contribution is 0.303. The van der Waals surface area contributed by atoms with Gasteiger partial charge in [0.15, 0.2) is 0 Å². The van der Waals surface area contributed by atoms with Gasteiger partial charge in [0.25, 0.3) is 15.9 Å². The first-order valence-corrected chi connectivity index (χ1v) is 10.8. The van der Waals surface area contributed by atoms with Crippen LogP contribution in [0.5, 0.6) is 5.75 Å². The van der Waals surface area contributed by atoms with Crippen molar-refractivity contribution in [3.63, 3.8) is 0 Å². The number of benzene rings is 1. The predicted molar refractivity (Wildman–Crippen MR) is 104 cm³/mol. The molecule has 0 bridgehead atoms. The molecule has 2 heterocycles. The summed E-state index contributed by atoms with van der Waals surface area (Å²) in [4.78, 5) is 0. The molecular formula is C17H17BrN2O4S2. The number of anilines is 1. The van der Waals surface area contributed by atoms with Crippen LogP contribution in [0.4, 0.5) is 5.88 Å². The van der Waals surface area contributed by atoms with E-state index < -0.39 is 10.0 Å². The van der Waals surface area contributed by atoms with Crippen LogP contribution in [-0.2, 0) is 16.6 Å². The van der Waals surface area contributed by atoms with Crippen LogP contribution in [-0.4, -0.2) is 13.6 Å². The number of sulfonamides is 1. The molecule has 0 saturated heterocycles. The molecule has 2 aromatic heterocycles. The van der Waals surface area contributed by atoms with E-state index in [1.54, 1.807) is 18.4 Å². The van der Waals surface area contributed by atoms with Crippen molar-refractivity contribution in [1.82, 2.24) is 5.16 Å². The molecule has 9 heteroatoms. The van der Waals surface area contributed by atoms with Crippen LogP contribution in [0.15, 0.2) is 42.9 Å². The number of thiophene rings is 1. The molecule has 1 N–H and O–H groups in total. The van der Waals surface area contributed by atoms with Crippen LogP contribution in [0, 0.1) is 20.8 Å². The van der Waals surface area contributed by atoms with Crippen molar-refractivity contribution in [2.45, 2.75) is 31.6 Å². The van der Waals surface area contributed by atoms with Crippen molar-refractivity contribution in [2.24, 2.45) is 0 Å². The van der Waals surface area contributed by atoms with Gasteiger partial charge in [0.2, 0.25) is 0 Å². The van der Waals surface area contributed by atoms with Gasteiger partial charge in [0.1, 0.15) is 21.0 Å². The number of halogens is 1. The molecule has 0 aliphatic heterocycles. The average molecular weight is 457 g/mol. The molecule has 3 aromatic rings. The fourth-order valence-electron chi connectivity index (χ4n) is 2.43. The van der Waals surface area contributed by atoms with Gasteiger partial charge in [0.05, 0.1) is 5.69 Å². The molecule has 0 unspecified atom stereocenters. The number of nitrogens with one attached hydrogen (secondary N) is 1. The first kappa shape index (κ1) is 18.9. The van der Waals surface area contributed by atoms with Crippen molar-refractivity contribution in [1.29, 1.82) is 0 Å². The van der Waals surface area contributed by atoms with E-state index in [1.165, 1.54) is 0 Å². The molecular weight excluding hydrogens is 440 g/mol. The van der Waals surface area contributed by atoms with Crippen LogP contribution in [0.2, 0.25) is 0 Å². The molecule has 1 aromatic carbocycles. The Labute approximate surface area is 164 Å². The van der Waals surface area contributed by atoms with Crippen molar-refractivity contribution >= 4 is 43.2 Å². The van der Waals surface area contributed by atoms with Gasteiger partial charge in [-0.05, 0) is 71.4 Å². The van der Waals surface area contributed by atoms with Gasteiger partial charge >= 0.3 is 0 Å². The van der Waals surface area contributed by atoms with Crippen molar-refractivity contribution in [2.75, 3.05) is 4.72 Å². The second-order valence-electron chi connectivity index (χ2n) is 5.86. The molecule has 138 valence electrons. The number of ether oxygens (including phenoxy) is 1. The highest BCUT2D eigenvalue weighted by molar-refractivity contribution is 9.10. The Morgan fingerprint density at radius 1 is 1.23 bits per heavy atom. The van der Waals surface area contributed by atoms with Gasteiger partial charge in [-0.15, -0.1) is 11.3 Å². The van der Waals surface area contributed by atoms with Crippen LogP contribution < -0.4 is 9.46 Å². The lowest BCUT2D eigenvalue weighted by Crippen LogP contribution is -2.13. The number of hydrogen-bond donors (Lipinski definition) is 1. The minimum atomic E-state index is -3.81. The molecule has 0 amide bonds. The van der Waals surface area contributed by atoms with Crippen LogP contribution >= 0.6 is 27.3 Å². The van der Waals surface area contributed by atoms with E-state index in [0.717, 1.165) is 22.5 Å². The molecule has 0 radical (unpaired) electrons. The van der Waals surface area contributed by atoms with Crippen LogP contribution in [0.1, 0.15) is 22.4 Å². The summed E-state index contributed by atoms with van der Waals surface area (Å²) < 4.78 is 39.3. The quantitative estimate of drug-likeness (QED) is 0.575. The van der Waals surface area contributed by atoms with Gasteiger partial charge in [0, 0.05) is 5.56 Å². The summed E-state index contributed by atoms with van der Waals surface area (Å²) in [5.41, 5.74) is 3.32. The number of aromatic nitrogens is 1. The standard InChI is InChI=1S/C17H17BrN2O4S2/c1-10-6-11(2)8-14(7-10)23-9-13-4-5-25-17(13)26(21,22)20-16-15(18)12(3)19-24-16/h4-8,20H,9H2,1-3H3. The first-order chi connectivity index (χ1) is 12.3. The van der Waals surface area contributed by atoms with E-state index in [-0.39, 0.29) is 16.7 Å². The summed E-state index contributed by atoms with van der Waals surface area (Å²) in [6.07, 6.45) is 0. The van der Waals surface area contributed by atoms with E-state index in [4.69, 9.17) is 9.26 Å². The minimum Gasteiger partial charge on any atom is -0.489 e. The second-order valence-corrected chi connectivity index (χ2v) is 9.45. The third kappa shape index (κ3) is 4.11. The number of nitrogens with zero attached hydrogens (tertiary/aromatic N) is 1. The maximum atomic E-state index is 12.7. The fraction of sp³-hybridized carbons (Fsp3) is 0.235. The molecule has 6 nitrogen and oxygen atoms in total. The van der Waals surface area contributed by atoms with E-state index in [1.807, 2.05) is 26.0 Å². The molecule has 0 spiro atoms. The molecule has 0 atom stereocenters. The topological polar surface area (TPSA) is 81.4 Å². The highest BCUT2D eigenvalue weighted by atomic mass is 79.9. The number of hydrogen-bond acceptors (Lipinski definition) is 6. The van der Waals surface area contributed by atoms with E-state index >= 15 is 0 Å². The second kappa shape index (κ2) is 7.42. The number of aryl methyl sites for hydroxylation is 3. The zero-order chi connectivity index (χ0) is 18.9. The Morgan fingerprint density at radius 3 is 2.54 bits per heavy atom. The largest absolute Gasteiger partial charge is 0.489 e. The van der Waals surface area contributed by atoms with E-state index in [0.29, 0.717) is 21.5 Å². The normalized spacial score (nSPS) is 11.5. The van der Waals surface area contributed by atoms with Gasteiger partial charge in [-0.1, -0.05) is 11.2 Å². The molecule has 0 aliphatic rings. The molecule has 0 aliphatic carbocycles. The van der Waals surface area contributed by atoms with E-state index in [2.05, 4.69) is 31.9 Å². The minimum absolute atomic E-state index is 0.0528. The van der Waals surface area contributed by atoms with Gasteiger partial charge in [-0.3, -0.25) is 0 Å². The van der Waals surface area contributed by atoms with Gasteiger partial charge in [-0.2, -0.15) is 0 Å². The Morgan fingerprint density at radius 2 is 1.92 bits per heavy atom. The fourth-order valence-corrected chi connectivity index (χ4v) is 5.19.